The van der Waals surface area contributed by atoms with Crippen molar-refractivity contribution >= 4 is 0 Å². The number of benzene rings is 2. The van der Waals surface area contributed by atoms with E-state index in [-0.39, 0.29) is 11.3 Å². The molecule has 2 aromatic carbocycles. The van der Waals surface area contributed by atoms with Gasteiger partial charge in [0.05, 0.1) is 12.2 Å². The van der Waals surface area contributed by atoms with Crippen LogP contribution in [0.4, 0.5) is 8.78 Å². The highest BCUT2D eigenvalue weighted by Crippen LogP contribution is 2.39. The molecular weight excluding hydrogens is 358 g/mol. The average Bonchev–Trinajstić information content (AvgIpc) is 2.70. The second kappa shape index (κ2) is 9.40. The van der Waals surface area contributed by atoms with Crippen LogP contribution in [-0.2, 0) is 6.11 Å². The second-order valence-corrected chi connectivity index (χ2v) is 7.65. The molecule has 2 aromatic rings. The average molecular weight is 388 g/mol. The Morgan fingerprint density at radius 1 is 0.857 bits per heavy atom. The lowest BCUT2D eigenvalue weighted by atomic mass is 9.77. The number of hydrogen-bond donors (Lipinski definition) is 0. The fraction of sp³-hybridized carbons (Fsp3) is 0.500. The molecule has 0 saturated heterocycles. The van der Waals surface area contributed by atoms with Gasteiger partial charge in [0.15, 0.2) is 0 Å². The highest BCUT2D eigenvalue weighted by Gasteiger charge is 2.34. The van der Waals surface area contributed by atoms with Gasteiger partial charge in [-0.1, -0.05) is 31.9 Å². The Bertz CT molecular complexity index is 717. The smallest absolute Gasteiger partial charge is 0.426 e. The third-order valence-electron chi connectivity index (χ3n) is 5.64. The van der Waals surface area contributed by atoms with E-state index in [4.69, 9.17) is 9.47 Å². The molecule has 152 valence electrons. The summed E-state index contributed by atoms with van der Waals surface area (Å²) in [5.74, 6) is 2.08. The highest BCUT2D eigenvalue weighted by atomic mass is 19.3. The lowest BCUT2D eigenvalue weighted by Crippen LogP contribution is -2.22. The molecule has 1 saturated carbocycles. The predicted molar refractivity (Wildman–Crippen MR) is 108 cm³/mol. The molecule has 0 bridgehead atoms. The number of ether oxygens (including phenoxy) is 2. The highest BCUT2D eigenvalue weighted by molar-refractivity contribution is 5.33. The summed E-state index contributed by atoms with van der Waals surface area (Å²) in [4.78, 5) is 0. The van der Waals surface area contributed by atoms with E-state index >= 15 is 0 Å². The molecular formula is C24H30F2O2. The van der Waals surface area contributed by atoms with Crippen LogP contribution in [0.25, 0.3) is 0 Å². The van der Waals surface area contributed by atoms with Crippen LogP contribution >= 0.6 is 0 Å². The van der Waals surface area contributed by atoms with Crippen molar-refractivity contribution in [1.82, 2.24) is 0 Å². The Hall–Kier alpha value is -2.10. The van der Waals surface area contributed by atoms with Gasteiger partial charge >= 0.3 is 6.11 Å². The van der Waals surface area contributed by atoms with E-state index in [9.17, 15) is 8.78 Å². The van der Waals surface area contributed by atoms with E-state index in [1.807, 2.05) is 19.1 Å². The van der Waals surface area contributed by atoms with E-state index in [0.717, 1.165) is 24.3 Å². The van der Waals surface area contributed by atoms with Gasteiger partial charge in [-0.2, -0.15) is 8.78 Å². The molecule has 0 aromatic heterocycles. The van der Waals surface area contributed by atoms with Crippen molar-refractivity contribution in [1.29, 1.82) is 0 Å². The van der Waals surface area contributed by atoms with E-state index in [1.165, 1.54) is 49.9 Å². The van der Waals surface area contributed by atoms with Crippen LogP contribution in [0.3, 0.4) is 0 Å². The maximum Gasteiger partial charge on any atom is 0.426 e. The lowest BCUT2D eigenvalue weighted by Gasteiger charge is -2.29. The zero-order valence-electron chi connectivity index (χ0n) is 16.8. The van der Waals surface area contributed by atoms with Gasteiger partial charge in [-0.15, -0.1) is 0 Å². The largest absolute Gasteiger partial charge is 0.494 e. The Kier molecular flexibility index (Phi) is 6.93. The second-order valence-electron chi connectivity index (χ2n) is 7.65. The van der Waals surface area contributed by atoms with Gasteiger partial charge in [-0.05, 0) is 86.4 Å². The molecule has 0 unspecified atom stereocenters. The summed E-state index contributed by atoms with van der Waals surface area (Å²) < 4.78 is 39.4. The SMILES string of the molecule is CCCC1CCC(c2ccc(C(F)(F)Oc3ccc(OCC)cc3)cc2)CC1. The minimum absolute atomic E-state index is 0.117. The first-order valence-corrected chi connectivity index (χ1v) is 10.4. The lowest BCUT2D eigenvalue weighted by molar-refractivity contribution is -0.185. The molecule has 0 radical (unpaired) electrons. The van der Waals surface area contributed by atoms with E-state index in [1.54, 1.807) is 12.1 Å². The van der Waals surface area contributed by atoms with Gasteiger partial charge in [0.25, 0.3) is 0 Å². The van der Waals surface area contributed by atoms with Crippen LogP contribution in [0, 0.1) is 5.92 Å². The monoisotopic (exact) mass is 388 g/mol. The third-order valence-corrected chi connectivity index (χ3v) is 5.64. The molecule has 4 heteroatoms. The van der Waals surface area contributed by atoms with Crippen LogP contribution in [0.2, 0.25) is 0 Å². The van der Waals surface area contributed by atoms with Crippen molar-refractivity contribution in [3.63, 3.8) is 0 Å². The van der Waals surface area contributed by atoms with Crippen molar-refractivity contribution in [2.75, 3.05) is 6.61 Å². The third kappa shape index (κ3) is 5.24. The zero-order valence-corrected chi connectivity index (χ0v) is 16.8. The quantitative estimate of drug-likeness (QED) is 0.473. The minimum Gasteiger partial charge on any atom is -0.494 e. The standard InChI is InChI=1S/C24H30F2O2/c1-3-5-18-6-8-19(9-7-18)20-10-12-21(13-11-20)24(25,26)28-23-16-14-22(15-17-23)27-4-2/h10-19H,3-9H2,1-2H3. The van der Waals surface area contributed by atoms with E-state index in [2.05, 4.69) is 6.92 Å². The Labute approximate surface area is 166 Å². The molecule has 1 aliphatic carbocycles. The maximum absolute atomic E-state index is 14.5. The van der Waals surface area contributed by atoms with Gasteiger partial charge in [-0.3, -0.25) is 0 Å². The molecule has 0 aliphatic heterocycles. The molecule has 28 heavy (non-hydrogen) atoms. The van der Waals surface area contributed by atoms with Crippen LogP contribution in [0.1, 0.15) is 69.4 Å². The molecule has 1 fully saturated rings. The number of hydrogen-bond acceptors (Lipinski definition) is 2. The van der Waals surface area contributed by atoms with Crippen LogP contribution in [0.5, 0.6) is 11.5 Å². The van der Waals surface area contributed by atoms with Gasteiger partial charge < -0.3 is 9.47 Å². The van der Waals surface area contributed by atoms with Crippen LogP contribution < -0.4 is 9.47 Å². The molecule has 2 nitrogen and oxygen atoms in total. The first kappa shape index (κ1) is 20.6. The summed E-state index contributed by atoms with van der Waals surface area (Å²) in [7, 11) is 0. The van der Waals surface area contributed by atoms with E-state index < -0.39 is 6.11 Å². The summed E-state index contributed by atoms with van der Waals surface area (Å²) in [5, 5.41) is 0. The number of alkyl halides is 2. The topological polar surface area (TPSA) is 18.5 Å². The number of halogens is 2. The van der Waals surface area contributed by atoms with Crippen molar-refractivity contribution in [2.24, 2.45) is 5.92 Å². The zero-order chi connectivity index (χ0) is 20.0. The van der Waals surface area contributed by atoms with Crippen molar-refractivity contribution in [3.8, 4) is 11.5 Å². The van der Waals surface area contributed by atoms with E-state index in [0.29, 0.717) is 18.3 Å². The summed E-state index contributed by atoms with van der Waals surface area (Å²) >= 11 is 0. The summed E-state index contributed by atoms with van der Waals surface area (Å²) in [6, 6.07) is 13.0. The Balaban J connectivity index is 1.61. The fourth-order valence-corrected chi connectivity index (χ4v) is 4.12. The molecule has 0 heterocycles. The first-order chi connectivity index (χ1) is 13.5. The predicted octanol–water partition coefficient (Wildman–Crippen LogP) is 7.29. The summed E-state index contributed by atoms with van der Waals surface area (Å²) in [6.07, 6.45) is 3.99. The van der Waals surface area contributed by atoms with Gasteiger partial charge in [0.1, 0.15) is 11.5 Å². The Morgan fingerprint density at radius 3 is 2.04 bits per heavy atom. The molecule has 0 spiro atoms. The number of rotatable bonds is 8. The van der Waals surface area contributed by atoms with Crippen LogP contribution in [0.15, 0.2) is 48.5 Å². The van der Waals surface area contributed by atoms with Crippen molar-refractivity contribution in [3.05, 3.63) is 59.7 Å². The van der Waals surface area contributed by atoms with Crippen LogP contribution in [-0.4, -0.2) is 6.61 Å². The normalized spacial score (nSPS) is 20.0. The van der Waals surface area contributed by atoms with Gasteiger partial charge in [0, 0.05) is 0 Å². The van der Waals surface area contributed by atoms with Crippen molar-refractivity contribution in [2.45, 2.75) is 64.4 Å². The fourth-order valence-electron chi connectivity index (χ4n) is 4.12. The molecule has 0 N–H and O–H groups in total. The van der Waals surface area contributed by atoms with Gasteiger partial charge in [0.2, 0.25) is 0 Å². The molecule has 0 atom stereocenters. The minimum atomic E-state index is -3.37. The Morgan fingerprint density at radius 2 is 1.46 bits per heavy atom. The molecule has 1 aliphatic rings. The van der Waals surface area contributed by atoms with Gasteiger partial charge in [-0.25, -0.2) is 0 Å². The maximum atomic E-state index is 14.5. The molecule has 3 rings (SSSR count). The first-order valence-electron chi connectivity index (χ1n) is 10.4. The summed E-state index contributed by atoms with van der Waals surface area (Å²) in [5.41, 5.74) is 1.04. The van der Waals surface area contributed by atoms with Crippen molar-refractivity contribution < 1.29 is 18.3 Å². The summed E-state index contributed by atoms with van der Waals surface area (Å²) in [6.45, 7) is 4.64. The molecule has 0 amide bonds.